The maximum Gasteiger partial charge on any atom is 0.142 e. The standard InChI is InChI=1S/C17H19N3S/c1-3-6-14-16(10-18)21-17(20-14)15-9-11(2)12-7-4-5-8-13(12)19-15/h4-5,7-9H,3,6,10,18H2,1-2H3. The number of nitrogens with zero attached hydrogens (tertiary/aromatic N) is 2. The molecule has 2 heterocycles. The lowest BCUT2D eigenvalue weighted by molar-refractivity contribution is 0.871. The van der Waals surface area contributed by atoms with Crippen molar-refractivity contribution in [2.24, 2.45) is 5.73 Å². The number of hydrogen-bond donors (Lipinski definition) is 1. The number of pyridine rings is 1. The molecule has 108 valence electrons. The molecular formula is C17H19N3S. The summed E-state index contributed by atoms with van der Waals surface area (Å²) in [6.45, 7) is 4.84. The maximum atomic E-state index is 5.84. The van der Waals surface area contributed by atoms with Crippen molar-refractivity contribution < 1.29 is 0 Å². The van der Waals surface area contributed by atoms with Gasteiger partial charge in [-0.2, -0.15) is 0 Å². The van der Waals surface area contributed by atoms with Crippen LogP contribution in [0.2, 0.25) is 0 Å². The highest BCUT2D eigenvalue weighted by atomic mass is 32.1. The molecule has 0 aliphatic rings. The summed E-state index contributed by atoms with van der Waals surface area (Å²) in [7, 11) is 0. The second kappa shape index (κ2) is 5.92. The smallest absolute Gasteiger partial charge is 0.142 e. The fourth-order valence-electron chi connectivity index (χ4n) is 2.54. The van der Waals surface area contributed by atoms with Crippen LogP contribution >= 0.6 is 11.3 Å². The number of benzene rings is 1. The first-order chi connectivity index (χ1) is 10.2. The second-order valence-electron chi connectivity index (χ2n) is 5.18. The lowest BCUT2D eigenvalue weighted by Gasteiger charge is -2.04. The van der Waals surface area contributed by atoms with Crippen molar-refractivity contribution in [2.75, 3.05) is 0 Å². The predicted octanol–water partition coefficient (Wildman–Crippen LogP) is 4.08. The van der Waals surface area contributed by atoms with Gasteiger partial charge in [0.2, 0.25) is 0 Å². The summed E-state index contributed by atoms with van der Waals surface area (Å²) in [4.78, 5) is 10.7. The van der Waals surface area contributed by atoms with Gasteiger partial charge in [0, 0.05) is 16.8 Å². The minimum Gasteiger partial charge on any atom is -0.326 e. The van der Waals surface area contributed by atoms with Gasteiger partial charge in [-0.1, -0.05) is 31.5 Å². The van der Waals surface area contributed by atoms with E-state index in [4.69, 9.17) is 15.7 Å². The third-order valence-electron chi connectivity index (χ3n) is 3.59. The first-order valence-corrected chi connectivity index (χ1v) is 8.10. The van der Waals surface area contributed by atoms with E-state index in [-0.39, 0.29) is 0 Å². The van der Waals surface area contributed by atoms with Crippen LogP contribution in [0.1, 0.15) is 29.5 Å². The van der Waals surface area contributed by atoms with Crippen molar-refractivity contribution in [3.8, 4) is 10.7 Å². The van der Waals surface area contributed by atoms with Gasteiger partial charge in [0.15, 0.2) is 0 Å². The van der Waals surface area contributed by atoms with Crippen LogP contribution in [-0.2, 0) is 13.0 Å². The number of hydrogen-bond acceptors (Lipinski definition) is 4. The Hall–Kier alpha value is -1.78. The monoisotopic (exact) mass is 297 g/mol. The zero-order valence-corrected chi connectivity index (χ0v) is 13.2. The van der Waals surface area contributed by atoms with Crippen LogP contribution in [0, 0.1) is 6.92 Å². The van der Waals surface area contributed by atoms with E-state index in [2.05, 4.69) is 32.0 Å². The molecule has 4 heteroatoms. The maximum absolute atomic E-state index is 5.84. The fourth-order valence-corrected chi connectivity index (χ4v) is 3.49. The highest BCUT2D eigenvalue weighted by Crippen LogP contribution is 2.30. The Morgan fingerprint density at radius 2 is 2.00 bits per heavy atom. The summed E-state index contributed by atoms with van der Waals surface area (Å²) in [6.07, 6.45) is 2.07. The molecule has 0 aliphatic carbocycles. The van der Waals surface area contributed by atoms with Crippen LogP contribution in [0.4, 0.5) is 0 Å². The summed E-state index contributed by atoms with van der Waals surface area (Å²) >= 11 is 1.67. The molecule has 3 nitrogen and oxygen atoms in total. The number of para-hydroxylation sites is 1. The molecule has 21 heavy (non-hydrogen) atoms. The summed E-state index contributed by atoms with van der Waals surface area (Å²) in [5.41, 5.74) is 10.2. The summed E-state index contributed by atoms with van der Waals surface area (Å²) in [5.74, 6) is 0. The minimum atomic E-state index is 0.555. The fraction of sp³-hybridized carbons (Fsp3) is 0.294. The molecule has 0 unspecified atom stereocenters. The average Bonchev–Trinajstić information content (AvgIpc) is 2.91. The van der Waals surface area contributed by atoms with Crippen LogP contribution in [0.25, 0.3) is 21.6 Å². The average molecular weight is 297 g/mol. The molecule has 0 saturated carbocycles. The molecule has 0 aliphatic heterocycles. The minimum absolute atomic E-state index is 0.555. The zero-order valence-electron chi connectivity index (χ0n) is 12.4. The number of thiazole rings is 1. The summed E-state index contributed by atoms with van der Waals surface area (Å²) in [6, 6.07) is 10.4. The normalized spacial score (nSPS) is 11.2. The van der Waals surface area contributed by atoms with Gasteiger partial charge in [-0.05, 0) is 31.0 Å². The van der Waals surface area contributed by atoms with Gasteiger partial charge in [0.1, 0.15) is 5.01 Å². The predicted molar refractivity (Wildman–Crippen MR) is 89.5 cm³/mol. The Morgan fingerprint density at radius 1 is 1.19 bits per heavy atom. The number of nitrogens with two attached hydrogens (primary N) is 1. The lowest BCUT2D eigenvalue weighted by atomic mass is 10.1. The molecular weight excluding hydrogens is 278 g/mol. The third kappa shape index (κ3) is 2.69. The summed E-state index contributed by atoms with van der Waals surface area (Å²) in [5, 5.41) is 2.18. The van der Waals surface area contributed by atoms with Crippen LogP contribution in [-0.4, -0.2) is 9.97 Å². The molecule has 0 radical (unpaired) electrons. The van der Waals surface area contributed by atoms with E-state index in [9.17, 15) is 0 Å². The molecule has 0 bridgehead atoms. The van der Waals surface area contributed by atoms with Crippen molar-refractivity contribution in [1.82, 2.24) is 9.97 Å². The largest absolute Gasteiger partial charge is 0.326 e. The first kappa shape index (κ1) is 14.2. The number of aryl methyl sites for hydroxylation is 2. The molecule has 0 atom stereocenters. The van der Waals surface area contributed by atoms with E-state index in [0.29, 0.717) is 6.54 Å². The van der Waals surface area contributed by atoms with Crippen molar-refractivity contribution >= 4 is 22.2 Å². The number of fused-ring (bicyclic) bond motifs is 1. The molecule has 0 saturated heterocycles. The van der Waals surface area contributed by atoms with Crippen molar-refractivity contribution in [3.05, 3.63) is 46.5 Å². The van der Waals surface area contributed by atoms with E-state index in [1.165, 1.54) is 15.8 Å². The van der Waals surface area contributed by atoms with E-state index >= 15 is 0 Å². The number of aromatic nitrogens is 2. The quantitative estimate of drug-likeness (QED) is 0.789. The van der Waals surface area contributed by atoms with E-state index in [1.54, 1.807) is 11.3 Å². The molecule has 0 fully saturated rings. The first-order valence-electron chi connectivity index (χ1n) is 7.28. The molecule has 3 rings (SSSR count). The molecule has 3 aromatic rings. The van der Waals surface area contributed by atoms with Gasteiger partial charge >= 0.3 is 0 Å². The Kier molecular flexibility index (Phi) is 3.99. The van der Waals surface area contributed by atoms with Crippen molar-refractivity contribution in [2.45, 2.75) is 33.2 Å². The molecule has 0 amide bonds. The van der Waals surface area contributed by atoms with Crippen LogP contribution in [0.5, 0.6) is 0 Å². The van der Waals surface area contributed by atoms with Crippen LogP contribution in [0.15, 0.2) is 30.3 Å². The van der Waals surface area contributed by atoms with Gasteiger partial charge in [-0.15, -0.1) is 11.3 Å². The Morgan fingerprint density at radius 3 is 2.76 bits per heavy atom. The topological polar surface area (TPSA) is 51.8 Å². The Labute approximate surface area is 128 Å². The van der Waals surface area contributed by atoms with Gasteiger partial charge in [0.25, 0.3) is 0 Å². The molecule has 1 aromatic carbocycles. The van der Waals surface area contributed by atoms with E-state index in [0.717, 1.165) is 34.8 Å². The van der Waals surface area contributed by atoms with E-state index in [1.807, 2.05) is 12.1 Å². The zero-order chi connectivity index (χ0) is 14.8. The lowest BCUT2D eigenvalue weighted by Crippen LogP contribution is -1.97. The Balaban J connectivity index is 2.12. The van der Waals surface area contributed by atoms with E-state index < -0.39 is 0 Å². The Bertz CT molecular complexity index is 777. The van der Waals surface area contributed by atoms with Gasteiger partial charge in [0.05, 0.1) is 16.9 Å². The summed E-state index contributed by atoms with van der Waals surface area (Å²) < 4.78 is 0. The van der Waals surface area contributed by atoms with Crippen LogP contribution in [0.3, 0.4) is 0 Å². The molecule has 0 spiro atoms. The SMILES string of the molecule is CCCc1nc(-c2cc(C)c3ccccc3n2)sc1CN. The van der Waals surface area contributed by atoms with Crippen molar-refractivity contribution in [3.63, 3.8) is 0 Å². The van der Waals surface area contributed by atoms with Gasteiger partial charge < -0.3 is 5.73 Å². The van der Waals surface area contributed by atoms with Crippen LogP contribution < -0.4 is 5.73 Å². The van der Waals surface area contributed by atoms with Gasteiger partial charge in [-0.25, -0.2) is 9.97 Å². The second-order valence-corrected chi connectivity index (χ2v) is 6.27. The molecule has 2 aromatic heterocycles. The molecule has 2 N–H and O–H groups in total. The van der Waals surface area contributed by atoms with Crippen molar-refractivity contribution in [1.29, 1.82) is 0 Å². The number of rotatable bonds is 4. The third-order valence-corrected chi connectivity index (χ3v) is 4.74. The highest BCUT2D eigenvalue weighted by Gasteiger charge is 2.13. The van der Waals surface area contributed by atoms with Gasteiger partial charge in [-0.3, -0.25) is 0 Å². The highest BCUT2D eigenvalue weighted by molar-refractivity contribution is 7.15.